The highest BCUT2D eigenvalue weighted by molar-refractivity contribution is 7.15. The lowest BCUT2D eigenvalue weighted by Crippen LogP contribution is -2.33. The number of rotatable bonds is 6. The van der Waals surface area contributed by atoms with Gasteiger partial charge in [-0.1, -0.05) is 6.07 Å². The normalized spacial score (nSPS) is 19.8. The van der Waals surface area contributed by atoms with Crippen LogP contribution in [0.4, 0.5) is 16.0 Å². The van der Waals surface area contributed by atoms with Crippen molar-refractivity contribution in [2.75, 3.05) is 18.5 Å². The van der Waals surface area contributed by atoms with Gasteiger partial charge < -0.3 is 19.9 Å². The smallest absolute Gasteiger partial charge is 0.255 e. The van der Waals surface area contributed by atoms with E-state index in [1.54, 1.807) is 6.20 Å². The molecule has 0 spiro atoms. The number of anilines is 2. The Bertz CT molecular complexity index is 1100. The molecule has 0 radical (unpaired) electrons. The number of aryl methyl sites for hydroxylation is 1. The van der Waals surface area contributed by atoms with Crippen molar-refractivity contribution in [3.05, 3.63) is 47.0 Å². The standard InChI is InChI=1S/C22H23FN4O3S/c1-13-7-14(18-11-24-20(31-18)22(28)4-2-5-22)9-15(8-13)26-21-25-10-17(23)19(27-21)30-16-3-6-29-12-16/h7-11,16,28H,2-6,12H2,1H3,(H,25,26,27). The number of thiazole rings is 1. The minimum Gasteiger partial charge on any atom is -0.470 e. The number of halogens is 1. The number of ether oxygens (including phenoxy) is 2. The van der Waals surface area contributed by atoms with Crippen LogP contribution in [0.5, 0.6) is 5.88 Å². The van der Waals surface area contributed by atoms with Gasteiger partial charge in [0, 0.05) is 18.3 Å². The van der Waals surface area contributed by atoms with Crippen LogP contribution in [-0.4, -0.2) is 39.4 Å². The zero-order chi connectivity index (χ0) is 21.4. The van der Waals surface area contributed by atoms with Crippen molar-refractivity contribution < 1.29 is 19.0 Å². The highest BCUT2D eigenvalue weighted by atomic mass is 32.1. The second-order valence-electron chi connectivity index (χ2n) is 8.08. The molecule has 2 aliphatic rings. The number of aromatic nitrogens is 3. The summed E-state index contributed by atoms with van der Waals surface area (Å²) in [6.45, 7) is 3.03. The van der Waals surface area contributed by atoms with Gasteiger partial charge in [0.1, 0.15) is 16.7 Å². The minimum atomic E-state index is -0.767. The Morgan fingerprint density at radius 3 is 2.87 bits per heavy atom. The van der Waals surface area contributed by atoms with Crippen molar-refractivity contribution in [1.29, 1.82) is 0 Å². The largest absolute Gasteiger partial charge is 0.470 e. The van der Waals surface area contributed by atoms with Gasteiger partial charge in [-0.2, -0.15) is 9.37 Å². The zero-order valence-corrected chi connectivity index (χ0v) is 17.9. The lowest BCUT2D eigenvalue weighted by Gasteiger charge is -2.34. The molecule has 9 heteroatoms. The molecule has 0 bridgehead atoms. The van der Waals surface area contributed by atoms with E-state index in [2.05, 4.69) is 26.3 Å². The van der Waals surface area contributed by atoms with E-state index in [4.69, 9.17) is 9.47 Å². The maximum absolute atomic E-state index is 14.1. The third-order valence-electron chi connectivity index (χ3n) is 5.58. The van der Waals surface area contributed by atoms with Gasteiger partial charge in [0.15, 0.2) is 0 Å². The average Bonchev–Trinajstić information content (AvgIpc) is 3.41. The van der Waals surface area contributed by atoms with Crippen LogP contribution < -0.4 is 10.1 Å². The van der Waals surface area contributed by atoms with Gasteiger partial charge in [-0.25, -0.2) is 9.97 Å². The van der Waals surface area contributed by atoms with E-state index in [9.17, 15) is 9.50 Å². The third-order valence-corrected chi connectivity index (χ3v) is 6.82. The van der Waals surface area contributed by atoms with Gasteiger partial charge in [0.05, 0.1) is 24.3 Å². The van der Waals surface area contributed by atoms with Crippen LogP contribution in [0.3, 0.4) is 0 Å². The molecule has 1 unspecified atom stereocenters. The van der Waals surface area contributed by atoms with Crippen molar-refractivity contribution in [1.82, 2.24) is 15.0 Å². The molecule has 3 heterocycles. The van der Waals surface area contributed by atoms with Crippen LogP contribution >= 0.6 is 11.3 Å². The molecule has 1 aliphatic carbocycles. The van der Waals surface area contributed by atoms with Gasteiger partial charge in [-0.05, 0) is 49.4 Å². The monoisotopic (exact) mass is 442 g/mol. The highest BCUT2D eigenvalue weighted by Gasteiger charge is 2.39. The van der Waals surface area contributed by atoms with Crippen LogP contribution in [0.1, 0.15) is 36.3 Å². The predicted molar refractivity (Wildman–Crippen MR) is 115 cm³/mol. The summed E-state index contributed by atoms with van der Waals surface area (Å²) in [6.07, 6.45) is 5.97. The number of benzene rings is 1. The topological polar surface area (TPSA) is 89.4 Å². The van der Waals surface area contributed by atoms with E-state index in [1.165, 1.54) is 11.3 Å². The number of hydrogen-bond acceptors (Lipinski definition) is 8. The van der Waals surface area contributed by atoms with E-state index < -0.39 is 11.4 Å². The van der Waals surface area contributed by atoms with E-state index in [0.29, 0.717) is 19.6 Å². The van der Waals surface area contributed by atoms with E-state index in [0.717, 1.165) is 52.2 Å². The molecule has 2 aromatic heterocycles. The summed E-state index contributed by atoms with van der Waals surface area (Å²) in [5, 5.41) is 14.5. The molecule has 1 saturated heterocycles. The Hall–Kier alpha value is -2.62. The molecule has 3 aromatic rings. The Morgan fingerprint density at radius 1 is 1.26 bits per heavy atom. The average molecular weight is 443 g/mol. The molecule has 162 valence electrons. The zero-order valence-electron chi connectivity index (χ0n) is 17.1. The number of hydrogen-bond donors (Lipinski definition) is 2. The summed E-state index contributed by atoms with van der Waals surface area (Å²) in [6, 6.07) is 5.99. The summed E-state index contributed by atoms with van der Waals surface area (Å²) < 4.78 is 25.0. The molecule has 5 rings (SSSR count). The van der Waals surface area contributed by atoms with Crippen LogP contribution in [0.25, 0.3) is 10.4 Å². The lowest BCUT2D eigenvalue weighted by molar-refractivity contribution is -0.0389. The fourth-order valence-electron chi connectivity index (χ4n) is 3.73. The third kappa shape index (κ3) is 4.26. The molecule has 1 atom stereocenters. The summed E-state index contributed by atoms with van der Waals surface area (Å²) >= 11 is 1.51. The Labute approximate surface area is 183 Å². The SMILES string of the molecule is Cc1cc(Nc2ncc(F)c(OC3CCOC3)n2)cc(-c2cnc(C3(O)CCC3)s2)c1. The van der Waals surface area contributed by atoms with Crippen molar-refractivity contribution in [3.8, 4) is 16.3 Å². The molecule has 1 saturated carbocycles. The van der Waals surface area contributed by atoms with Crippen molar-refractivity contribution >= 4 is 23.0 Å². The maximum atomic E-state index is 14.1. The molecule has 7 nitrogen and oxygen atoms in total. The fraction of sp³-hybridized carbons (Fsp3) is 0.409. The first-order chi connectivity index (χ1) is 15.0. The second-order valence-corrected chi connectivity index (χ2v) is 9.11. The Balaban J connectivity index is 1.37. The van der Waals surface area contributed by atoms with Crippen LogP contribution in [0.15, 0.2) is 30.6 Å². The van der Waals surface area contributed by atoms with Crippen molar-refractivity contribution in [2.45, 2.75) is 44.3 Å². The van der Waals surface area contributed by atoms with Crippen LogP contribution in [0, 0.1) is 12.7 Å². The first kappa shape index (κ1) is 20.3. The molecule has 1 aromatic carbocycles. The molecule has 31 heavy (non-hydrogen) atoms. The molecule has 0 amide bonds. The highest BCUT2D eigenvalue weighted by Crippen LogP contribution is 2.44. The second kappa shape index (κ2) is 8.14. The molecule has 2 fully saturated rings. The van der Waals surface area contributed by atoms with Gasteiger partial charge in [0.2, 0.25) is 11.8 Å². The first-order valence-electron chi connectivity index (χ1n) is 10.3. The maximum Gasteiger partial charge on any atom is 0.255 e. The first-order valence-corrected chi connectivity index (χ1v) is 11.1. The Kier molecular flexibility index (Phi) is 5.33. The van der Waals surface area contributed by atoms with Gasteiger partial charge >= 0.3 is 0 Å². The van der Waals surface area contributed by atoms with E-state index in [1.807, 2.05) is 19.1 Å². The molecule has 1 aliphatic heterocycles. The number of aliphatic hydroxyl groups is 1. The van der Waals surface area contributed by atoms with Crippen LogP contribution in [0.2, 0.25) is 0 Å². The van der Waals surface area contributed by atoms with Crippen molar-refractivity contribution in [2.24, 2.45) is 0 Å². The number of nitrogens with zero attached hydrogens (tertiary/aromatic N) is 3. The van der Waals surface area contributed by atoms with E-state index >= 15 is 0 Å². The van der Waals surface area contributed by atoms with Gasteiger partial charge in [0.25, 0.3) is 5.88 Å². The van der Waals surface area contributed by atoms with Gasteiger partial charge in [-0.15, -0.1) is 11.3 Å². The quantitative estimate of drug-likeness (QED) is 0.587. The van der Waals surface area contributed by atoms with Crippen molar-refractivity contribution in [3.63, 3.8) is 0 Å². The summed E-state index contributed by atoms with van der Waals surface area (Å²) in [4.78, 5) is 13.7. The molecular weight excluding hydrogens is 419 g/mol. The number of nitrogens with one attached hydrogen (secondary N) is 1. The Morgan fingerprint density at radius 2 is 2.13 bits per heavy atom. The molecule has 2 N–H and O–H groups in total. The van der Waals surface area contributed by atoms with Crippen LogP contribution in [-0.2, 0) is 10.3 Å². The van der Waals surface area contributed by atoms with E-state index in [-0.39, 0.29) is 17.9 Å². The minimum absolute atomic E-state index is 0.0817. The fourth-order valence-corrected chi connectivity index (χ4v) is 4.78. The molecular formula is C22H23FN4O3S. The summed E-state index contributed by atoms with van der Waals surface area (Å²) in [7, 11) is 0. The summed E-state index contributed by atoms with van der Waals surface area (Å²) in [5.74, 6) is -0.434. The predicted octanol–water partition coefficient (Wildman–Crippen LogP) is 4.33. The summed E-state index contributed by atoms with van der Waals surface area (Å²) in [5.41, 5.74) is 2.03. The van der Waals surface area contributed by atoms with Gasteiger partial charge in [-0.3, -0.25) is 0 Å². The lowest BCUT2D eigenvalue weighted by atomic mass is 9.81.